The highest BCUT2D eigenvalue weighted by atomic mass is 16.4. The van der Waals surface area contributed by atoms with E-state index in [0.29, 0.717) is 24.8 Å². The number of aliphatic carboxylic acids is 2. The van der Waals surface area contributed by atoms with Gasteiger partial charge in [-0.1, -0.05) is 12.2 Å². The van der Waals surface area contributed by atoms with Crippen molar-refractivity contribution in [3.63, 3.8) is 0 Å². The van der Waals surface area contributed by atoms with Gasteiger partial charge in [0, 0.05) is 6.04 Å². The van der Waals surface area contributed by atoms with E-state index >= 15 is 0 Å². The minimum Gasteiger partial charge on any atom is -0.481 e. The summed E-state index contributed by atoms with van der Waals surface area (Å²) in [5.74, 6) is -0.857. The number of rotatable bonds is 3. The van der Waals surface area contributed by atoms with Crippen LogP contribution in [0.3, 0.4) is 0 Å². The third-order valence-electron chi connectivity index (χ3n) is 6.81. The highest BCUT2D eigenvalue weighted by Gasteiger charge is 2.57. The number of hydrogen-bond acceptors (Lipinski definition) is 3. The second-order valence-electron chi connectivity index (χ2n) is 7.71. The summed E-state index contributed by atoms with van der Waals surface area (Å²) in [5, 5.41) is 22.8. The zero-order valence-electron chi connectivity index (χ0n) is 12.6. The van der Waals surface area contributed by atoms with Crippen LogP contribution in [0.2, 0.25) is 0 Å². The predicted molar refractivity (Wildman–Crippen MR) is 79.2 cm³/mol. The van der Waals surface area contributed by atoms with Gasteiger partial charge in [-0.25, -0.2) is 0 Å². The van der Waals surface area contributed by atoms with E-state index in [-0.39, 0.29) is 23.7 Å². The van der Waals surface area contributed by atoms with Crippen LogP contribution in [0.5, 0.6) is 0 Å². The van der Waals surface area contributed by atoms with E-state index in [1.165, 1.54) is 0 Å². The topological polar surface area (TPSA) is 86.6 Å². The largest absolute Gasteiger partial charge is 0.481 e. The number of piperidine rings is 1. The maximum Gasteiger partial charge on any atom is 0.313 e. The molecule has 120 valence electrons. The second-order valence-corrected chi connectivity index (χ2v) is 7.71. The summed E-state index contributed by atoms with van der Waals surface area (Å²) in [6, 6.07) is 0.479. The molecule has 0 radical (unpaired) electrons. The van der Waals surface area contributed by atoms with Crippen molar-refractivity contribution >= 4 is 11.9 Å². The molecule has 3 N–H and O–H groups in total. The fraction of sp³-hybridized carbons (Fsp3) is 0.765. The average Bonchev–Trinajstić information content (AvgIpc) is 3.20. The molecule has 22 heavy (non-hydrogen) atoms. The molecule has 1 heterocycles. The molecule has 0 aromatic heterocycles. The Bertz CT molecular complexity index is 545. The van der Waals surface area contributed by atoms with E-state index in [1.807, 2.05) is 12.2 Å². The molecule has 7 unspecified atom stereocenters. The van der Waals surface area contributed by atoms with E-state index in [9.17, 15) is 19.8 Å². The molecule has 1 saturated heterocycles. The van der Waals surface area contributed by atoms with Crippen LogP contribution in [-0.4, -0.2) is 34.7 Å². The third kappa shape index (κ3) is 1.87. The van der Waals surface area contributed by atoms with Crippen molar-refractivity contribution in [3.05, 3.63) is 12.2 Å². The van der Waals surface area contributed by atoms with E-state index in [2.05, 4.69) is 5.32 Å². The zero-order chi connectivity index (χ0) is 15.5. The number of allylic oxidation sites excluding steroid dienone is 1. The van der Waals surface area contributed by atoms with Crippen molar-refractivity contribution in [2.45, 2.75) is 38.1 Å². The Labute approximate surface area is 129 Å². The molecule has 5 heteroatoms. The van der Waals surface area contributed by atoms with Gasteiger partial charge in [0.1, 0.15) is 0 Å². The molecule has 7 atom stereocenters. The van der Waals surface area contributed by atoms with Gasteiger partial charge in [0.2, 0.25) is 0 Å². The Balaban J connectivity index is 1.65. The average molecular weight is 305 g/mol. The van der Waals surface area contributed by atoms with Crippen molar-refractivity contribution < 1.29 is 19.8 Å². The third-order valence-corrected chi connectivity index (χ3v) is 6.81. The van der Waals surface area contributed by atoms with Crippen LogP contribution in [0.15, 0.2) is 12.2 Å². The summed E-state index contributed by atoms with van der Waals surface area (Å²) in [4.78, 5) is 23.5. The van der Waals surface area contributed by atoms with Crippen LogP contribution in [0.1, 0.15) is 32.1 Å². The van der Waals surface area contributed by atoms with E-state index < -0.39 is 17.4 Å². The molecule has 1 aliphatic heterocycles. The molecule has 3 aliphatic carbocycles. The summed E-state index contributed by atoms with van der Waals surface area (Å²) >= 11 is 0. The minimum atomic E-state index is -0.768. The highest BCUT2D eigenvalue weighted by molar-refractivity contribution is 5.78. The summed E-state index contributed by atoms with van der Waals surface area (Å²) in [5.41, 5.74) is -0.768. The number of fused-ring (bicyclic) bond motifs is 3. The first kappa shape index (κ1) is 14.2. The van der Waals surface area contributed by atoms with E-state index in [4.69, 9.17) is 0 Å². The summed E-state index contributed by atoms with van der Waals surface area (Å²) in [6.07, 6.45) is 8.02. The maximum absolute atomic E-state index is 12.2. The predicted octanol–water partition coefficient (Wildman–Crippen LogP) is 1.74. The number of hydrogen-bond donors (Lipinski definition) is 3. The van der Waals surface area contributed by atoms with Crippen molar-refractivity contribution in [1.82, 2.24) is 5.32 Å². The molecule has 4 rings (SSSR count). The Kier molecular flexibility index (Phi) is 3.12. The molecule has 0 spiro atoms. The molecule has 4 aliphatic rings. The van der Waals surface area contributed by atoms with E-state index in [0.717, 1.165) is 25.8 Å². The fourth-order valence-electron chi connectivity index (χ4n) is 5.77. The number of carboxylic acids is 2. The molecule has 0 aromatic carbocycles. The summed E-state index contributed by atoms with van der Waals surface area (Å²) in [6.45, 7) is 0.935. The standard InChI is InChI=1S/C17H23NO4/c19-15(20)13-2-1-9-7-17(16(21)22,4-3-12(9)13)14-6-11-5-10(14)8-18-11/h3-4,9-14,18H,1-2,5-8H2,(H,19,20)(H,21,22). The first-order valence-electron chi connectivity index (χ1n) is 8.40. The van der Waals surface area contributed by atoms with E-state index in [1.54, 1.807) is 0 Å². The molecule has 0 aromatic rings. The molecule has 5 nitrogen and oxygen atoms in total. The molecular formula is C17H23NO4. The van der Waals surface area contributed by atoms with Crippen LogP contribution in [0, 0.1) is 35.0 Å². The van der Waals surface area contributed by atoms with Gasteiger partial charge in [-0.05, 0) is 62.3 Å². The van der Waals surface area contributed by atoms with Gasteiger partial charge in [0.05, 0.1) is 11.3 Å². The van der Waals surface area contributed by atoms with Crippen LogP contribution in [0.4, 0.5) is 0 Å². The van der Waals surface area contributed by atoms with Gasteiger partial charge in [-0.15, -0.1) is 0 Å². The lowest BCUT2D eigenvalue weighted by atomic mass is 9.61. The summed E-state index contributed by atoms with van der Waals surface area (Å²) < 4.78 is 0. The lowest BCUT2D eigenvalue weighted by molar-refractivity contribution is -0.152. The van der Waals surface area contributed by atoms with Crippen molar-refractivity contribution in [2.75, 3.05) is 6.54 Å². The van der Waals surface area contributed by atoms with Gasteiger partial charge in [0.25, 0.3) is 0 Å². The smallest absolute Gasteiger partial charge is 0.313 e. The fourth-order valence-corrected chi connectivity index (χ4v) is 5.77. The first-order valence-corrected chi connectivity index (χ1v) is 8.40. The maximum atomic E-state index is 12.2. The second kappa shape index (κ2) is 4.82. The van der Waals surface area contributed by atoms with Gasteiger partial charge in [-0.2, -0.15) is 0 Å². The Morgan fingerprint density at radius 1 is 1.14 bits per heavy atom. The molecule has 3 fully saturated rings. The van der Waals surface area contributed by atoms with Crippen molar-refractivity contribution in [1.29, 1.82) is 0 Å². The molecule has 2 saturated carbocycles. The Hall–Kier alpha value is -1.36. The van der Waals surface area contributed by atoms with Crippen LogP contribution < -0.4 is 5.32 Å². The Morgan fingerprint density at radius 2 is 1.95 bits per heavy atom. The molecular weight excluding hydrogens is 282 g/mol. The van der Waals surface area contributed by atoms with Gasteiger partial charge >= 0.3 is 11.9 Å². The summed E-state index contributed by atoms with van der Waals surface area (Å²) in [7, 11) is 0. The zero-order valence-corrected chi connectivity index (χ0v) is 12.6. The highest BCUT2D eigenvalue weighted by Crippen LogP contribution is 2.56. The lowest BCUT2D eigenvalue weighted by Crippen LogP contribution is -2.47. The van der Waals surface area contributed by atoms with Crippen LogP contribution in [0.25, 0.3) is 0 Å². The van der Waals surface area contributed by atoms with Crippen molar-refractivity contribution in [3.8, 4) is 0 Å². The molecule has 0 amide bonds. The SMILES string of the molecule is O=C(O)C1CCC2CC(C(=O)O)(C3CC4CC3CN4)C=CC21. The first-order chi connectivity index (χ1) is 10.5. The van der Waals surface area contributed by atoms with Crippen LogP contribution >= 0.6 is 0 Å². The van der Waals surface area contributed by atoms with Crippen LogP contribution in [-0.2, 0) is 9.59 Å². The minimum absolute atomic E-state index is 0.0293. The normalized spacial score (nSPS) is 49.3. The van der Waals surface area contributed by atoms with Crippen molar-refractivity contribution in [2.24, 2.45) is 35.0 Å². The quantitative estimate of drug-likeness (QED) is 0.691. The molecule has 2 bridgehead atoms. The Morgan fingerprint density at radius 3 is 2.55 bits per heavy atom. The number of carbonyl (C=O) groups is 2. The lowest BCUT2D eigenvalue weighted by Gasteiger charge is -2.43. The number of carboxylic acid groups (broad SMARTS) is 2. The van der Waals surface area contributed by atoms with Gasteiger partial charge in [-0.3, -0.25) is 9.59 Å². The van der Waals surface area contributed by atoms with Gasteiger partial charge < -0.3 is 15.5 Å². The van der Waals surface area contributed by atoms with Gasteiger partial charge in [0.15, 0.2) is 0 Å². The monoisotopic (exact) mass is 305 g/mol. The number of nitrogens with one attached hydrogen (secondary N) is 1.